The molecule has 140 valence electrons. The maximum Gasteiger partial charge on any atom is 0.265 e. The minimum Gasteiger partial charge on any atom is -0.497 e. The summed E-state index contributed by atoms with van der Waals surface area (Å²) >= 11 is 1.49. The molecule has 4 aromatic rings. The SMILES string of the molecule is COc1cccc(-c2nc(CN3c4cccc5cccc(c45)S3(=O)=O)cs2)c1. The van der Waals surface area contributed by atoms with Crippen molar-refractivity contribution in [2.45, 2.75) is 11.4 Å². The van der Waals surface area contributed by atoms with Gasteiger partial charge in [-0.05, 0) is 29.7 Å². The molecule has 0 unspecified atom stereocenters. The van der Waals surface area contributed by atoms with E-state index in [1.165, 1.54) is 15.6 Å². The van der Waals surface area contributed by atoms with E-state index in [0.717, 1.165) is 32.8 Å². The summed E-state index contributed by atoms with van der Waals surface area (Å²) in [6, 6.07) is 18.8. The molecule has 0 spiro atoms. The van der Waals surface area contributed by atoms with E-state index >= 15 is 0 Å². The van der Waals surface area contributed by atoms with E-state index in [-0.39, 0.29) is 6.54 Å². The van der Waals surface area contributed by atoms with Gasteiger partial charge >= 0.3 is 0 Å². The summed E-state index contributed by atoms with van der Waals surface area (Å²) in [7, 11) is -1.96. The molecule has 1 aromatic heterocycles. The van der Waals surface area contributed by atoms with Crippen LogP contribution in [0.5, 0.6) is 5.75 Å². The third kappa shape index (κ3) is 2.58. The van der Waals surface area contributed by atoms with Crippen LogP contribution in [-0.4, -0.2) is 20.5 Å². The maximum atomic E-state index is 13.1. The lowest BCUT2D eigenvalue weighted by Crippen LogP contribution is -2.26. The third-order valence-corrected chi connectivity index (χ3v) is 7.60. The number of nitrogens with zero attached hydrogens (tertiary/aromatic N) is 2. The molecule has 5 nitrogen and oxygen atoms in total. The lowest BCUT2D eigenvalue weighted by Gasteiger charge is -2.17. The van der Waals surface area contributed by atoms with Gasteiger partial charge in [-0.15, -0.1) is 11.3 Å². The highest BCUT2D eigenvalue weighted by Crippen LogP contribution is 2.43. The highest BCUT2D eigenvalue weighted by atomic mass is 32.2. The molecule has 0 saturated carbocycles. The topological polar surface area (TPSA) is 59.5 Å². The molecule has 0 amide bonds. The van der Waals surface area contributed by atoms with Crippen molar-refractivity contribution in [3.05, 3.63) is 71.7 Å². The molecule has 1 aliphatic heterocycles. The Hall–Kier alpha value is -2.90. The Morgan fingerprint density at radius 1 is 1.07 bits per heavy atom. The summed E-state index contributed by atoms with van der Waals surface area (Å²) in [6.07, 6.45) is 0. The van der Waals surface area contributed by atoms with E-state index in [4.69, 9.17) is 4.74 Å². The first kappa shape index (κ1) is 17.2. The van der Waals surface area contributed by atoms with E-state index in [0.29, 0.717) is 10.6 Å². The van der Waals surface area contributed by atoms with Crippen LogP contribution in [0.15, 0.2) is 70.9 Å². The monoisotopic (exact) mass is 408 g/mol. The zero-order valence-electron chi connectivity index (χ0n) is 15.0. The molecule has 0 aliphatic carbocycles. The molecular weight excluding hydrogens is 392 g/mol. The van der Waals surface area contributed by atoms with Gasteiger partial charge in [0.05, 0.1) is 29.9 Å². The normalized spacial score (nSPS) is 14.5. The third-order valence-electron chi connectivity index (χ3n) is 4.86. The fourth-order valence-corrected chi connectivity index (χ4v) is 6.03. The fraction of sp³-hybridized carbons (Fsp3) is 0.0952. The molecule has 7 heteroatoms. The van der Waals surface area contributed by atoms with Crippen LogP contribution in [0.2, 0.25) is 0 Å². The van der Waals surface area contributed by atoms with Gasteiger partial charge < -0.3 is 4.74 Å². The second-order valence-electron chi connectivity index (χ2n) is 6.52. The van der Waals surface area contributed by atoms with Crippen LogP contribution in [0.4, 0.5) is 5.69 Å². The van der Waals surface area contributed by atoms with Gasteiger partial charge in [0.1, 0.15) is 10.8 Å². The molecule has 0 bridgehead atoms. The lowest BCUT2D eigenvalue weighted by atomic mass is 10.1. The average molecular weight is 409 g/mol. The minimum absolute atomic E-state index is 0.205. The first-order valence-corrected chi connectivity index (χ1v) is 11.0. The van der Waals surface area contributed by atoms with Crippen molar-refractivity contribution >= 4 is 37.8 Å². The minimum atomic E-state index is -3.58. The zero-order valence-corrected chi connectivity index (χ0v) is 16.6. The standard InChI is InChI=1S/C21H16N2O3S2/c1-26-17-8-2-7-15(11-17)21-22-16(13-27-21)12-23-18-9-3-5-14-6-4-10-19(20(14)18)28(23,24)25/h2-11,13H,12H2,1H3. The molecule has 1 aliphatic rings. The summed E-state index contributed by atoms with van der Waals surface area (Å²) in [5, 5.41) is 4.46. The summed E-state index contributed by atoms with van der Waals surface area (Å²) in [6.45, 7) is 0.205. The lowest BCUT2D eigenvalue weighted by molar-refractivity contribution is 0.415. The van der Waals surface area contributed by atoms with Gasteiger partial charge in [0.2, 0.25) is 0 Å². The van der Waals surface area contributed by atoms with Gasteiger partial charge in [-0.3, -0.25) is 4.31 Å². The van der Waals surface area contributed by atoms with Gasteiger partial charge in [0, 0.05) is 16.3 Å². The number of thiazole rings is 1. The molecule has 0 atom stereocenters. The number of methoxy groups -OCH3 is 1. The van der Waals surface area contributed by atoms with E-state index in [9.17, 15) is 8.42 Å². The van der Waals surface area contributed by atoms with Crippen molar-refractivity contribution in [1.82, 2.24) is 4.98 Å². The molecule has 0 fully saturated rings. The molecule has 3 aromatic carbocycles. The number of ether oxygens (including phenoxy) is 1. The maximum absolute atomic E-state index is 13.1. The Labute approximate surface area is 166 Å². The van der Waals surface area contributed by atoms with Gasteiger partial charge in [-0.2, -0.15) is 0 Å². The Bertz CT molecular complexity index is 1310. The predicted molar refractivity (Wildman–Crippen MR) is 111 cm³/mol. The van der Waals surface area contributed by atoms with Crippen molar-refractivity contribution in [3.63, 3.8) is 0 Å². The van der Waals surface area contributed by atoms with Gasteiger partial charge in [-0.25, -0.2) is 13.4 Å². The Kier molecular flexibility index (Phi) is 3.89. The van der Waals surface area contributed by atoms with Crippen LogP contribution in [0.25, 0.3) is 21.3 Å². The van der Waals surface area contributed by atoms with E-state index in [1.807, 2.05) is 53.9 Å². The van der Waals surface area contributed by atoms with Crippen LogP contribution in [-0.2, 0) is 16.6 Å². The summed E-state index contributed by atoms with van der Waals surface area (Å²) in [5.74, 6) is 0.762. The number of hydrogen-bond acceptors (Lipinski definition) is 5. The number of sulfonamides is 1. The largest absolute Gasteiger partial charge is 0.497 e. The number of benzene rings is 3. The van der Waals surface area contributed by atoms with Crippen molar-refractivity contribution < 1.29 is 13.2 Å². The van der Waals surface area contributed by atoms with Crippen molar-refractivity contribution in [2.75, 3.05) is 11.4 Å². The number of anilines is 1. The molecular formula is C21H16N2O3S2. The Morgan fingerprint density at radius 2 is 1.86 bits per heavy atom. The predicted octanol–water partition coefficient (Wildman–Crippen LogP) is 4.68. The van der Waals surface area contributed by atoms with E-state index in [2.05, 4.69) is 4.98 Å². The van der Waals surface area contributed by atoms with Crippen molar-refractivity contribution in [3.8, 4) is 16.3 Å². The average Bonchev–Trinajstić information content (AvgIpc) is 3.27. The van der Waals surface area contributed by atoms with Gasteiger partial charge in [0.25, 0.3) is 10.0 Å². The zero-order chi connectivity index (χ0) is 19.3. The van der Waals surface area contributed by atoms with Crippen LogP contribution < -0.4 is 9.04 Å². The van der Waals surface area contributed by atoms with E-state index in [1.54, 1.807) is 19.2 Å². The molecule has 5 rings (SSSR count). The van der Waals surface area contributed by atoms with Crippen LogP contribution in [0.1, 0.15) is 5.69 Å². The smallest absolute Gasteiger partial charge is 0.265 e. The molecule has 28 heavy (non-hydrogen) atoms. The highest BCUT2D eigenvalue weighted by Gasteiger charge is 2.35. The second-order valence-corrected chi connectivity index (χ2v) is 9.21. The van der Waals surface area contributed by atoms with Crippen molar-refractivity contribution in [2.24, 2.45) is 0 Å². The quantitative estimate of drug-likeness (QED) is 0.492. The van der Waals surface area contributed by atoms with Crippen LogP contribution in [0, 0.1) is 0 Å². The molecule has 0 N–H and O–H groups in total. The Morgan fingerprint density at radius 3 is 2.68 bits per heavy atom. The fourth-order valence-electron chi connectivity index (χ4n) is 3.54. The van der Waals surface area contributed by atoms with Crippen molar-refractivity contribution in [1.29, 1.82) is 0 Å². The van der Waals surface area contributed by atoms with Gasteiger partial charge in [-0.1, -0.05) is 36.4 Å². The first-order chi connectivity index (χ1) is 13.6. The molecule has 0 radical (unpaired) electrons. The number of rotatable bonds is 4. The summed E-state index contributed by atoms with van der Waals surface area (Å²) < 4.78 is 33.0. The summed E-state index contributed by atoms with van der Waals surface area (Å²) in [5.41, 5.74) is 2.38. The second kappa shape index (κ2) is 6.32. The first-order valence-electron chi connectivity index (χ1n) is 8.71. The molecule has 2 heterocycles. The summed E-state index contributed by atoms with van der Waals surface area (Å²) in [4.78, 5) is 5.03. The van der Waals surface area contributed by atoms with Crippen LogP contribution in [0.3, 0.4) is 0 Å². The number of hydrogen-bond donors (Lipinski definition) is 0. The molecule has 0 saturated heterocycles. The highest BCUT2D eigenvalue weighted by molar-refractivity contribution is 7.93. The van der Waals surface area contributed by atoms with Crippen LogP contribution >= 0.6 is 11.3 Å². The van der Waals surface area contributed by atoms with Gasteiger partial charge in [0.15, 0.2) is 0 Å². The van der Waals surface area contributed by atoms with E-state index < -0.39 is 10.0 Å². The number of aromatic nitrogens is 1. The Balaban J connectivity index is 1.53.